The van der Waals surface area contributed by atoms with Gasteiger partial charge in [-0.05, 0) is 56.3 Å². The molecule has 168 valence electrons. The van der Waals surface area contributed by atoms with E-state index in [1.807, 2.05) is 66.9 Å². The van der Waals surface area contributed by atoms with E-state index in [4.69, 9.17) is 9.97 Å². The molecule has 33 heavy (non-hydrogen) atoms. The van der Waals surface area contributed by atoms with Crippen LogP contribution in [0.1, 0.15) is 18.9 Å². The van der Waals surface area contributed by atoms with E-state index in [0.717, 1.165) is 59.3 Å². The molecular weight excluding hydrogens is 432 g/mol. The fourth-order valence-corrected chi connectivity index (χ4v) is 4.73. The molecule has 0 saturated carbocycles. The molecule has 5 rings (SSSR count). The normalized spacial score (nSPS) is 15.3. The smallest absolute Gasteiger partial charge is 0.227 e. The first-order valence-corrected chi connectivity index (χ1v) is 12.6. The number of hydrogen-bond acceptors (Lipinski definition) is 6. The van der Waals surface area contributed by atoms with Gasteiger partial charge in [-0.3, -0.25) is 4.21 Å². The highest BCUT2D eigenvalue weighted by Crippen LogP contribution is 2.33. The first-order chi connectivity index (χ1) is 16.2. The third kappa shape index (κ3) is 4.72. The lowest BCUT2D eigenvalue weighted by Crippen LogP contribution is -2.30. The number of anilines is 2. The Morgan fingerprint density at radius 3 is 2.48 bits per heavy atom. The molecule has 1 atom stereocenters. The van der Waals surface area contributed by atoms with Crippen molar-refractivity contribution in [3.05, 3.63) is 73.1 Å². The average molecular weight is 459 g/mol. The van der Waals surface area contributed by atoms with E-state index in [9.17, 15) is 4.21 Å². The Balaban J connectivity index is 1.55. The van der Waals surface area contributed by atoms with E-state index < -0.39 is 10.8 Å². The van der Waals surface area contributed by atoms with Crippen LogP contribution in [0.5, 0.6) is 0 Å². The molecule has 1 aliphatic rings. The first kappa shape index (κ1) is 21.5. The Hall–Kier alpha value is -3.36. The summed E-state index contributed by atoms with van der Waals surface area (Å²) in [5.41, 5.74) is 3.74. The third-order valence-electron chi connectivity index (χ3n) is 5.86. The van der Waals surface area contributed by atoms with Crippen LogP contribution in [0.25, 0.3) is 22.8 Å². The second kappa shape index (κ2) is 9.64. The van der Waals surface area contributed by atoms with Crippen molar-refractivity contribution < 1.29 is 4.21 Å². The van der Waals surface area contributed by atoms with E-state index in [2.05, 4.69) is 20.2 Å². The van der Waals surface area contributed by atoms with E-state index in [1.165, 1.54) is 0 Å². The van der Waals surface area contributed by atoms with Crippen molar-refractivity contribution >= 4 is 22.4 Å². The Labute approximate surface area is 195 Å². The zero-order chi connectivity index (χ0) is 22.6. The molecule has 8 heteroatoms. The molecule has 1 fully saturated rings. The van der Waals surface area contributed by atoms with Crippen LogP contribution in [0.4, 0.5) is 11.6 Å². The fourth-order valence-electron chi connectivity index (χ4n) is 4.21. The van der Waals surface area contributed by atoms with Gasteiger partial charge in [0.1, 0.15) is 5.82 Å². The zero-order valence-electron chi connectivity index (χ0n) is 18.4. The highest BCUT2D eigenvalue weighted by molar-refractivity contribution is 7.84. The van der Waals surface area contributed by atoms with Gasteiger partial charge in [-0.25, -0.2) is 15.0 Å². The summed E-state index contributed by atoms with van der Waals surface area (Å²) < 4.78 is 14.1. The van der Waals surface area contributed by atoms with Gasteiger partial charge in [-0.1, -0.05) is 30.3 Å². The highest BCUT2D eigenvalue weighted by atomic mass is 32.2. The summed E-state index contributed by atoms with van der Waals surface area (Å²) in [6.07, 6.45) is 7.41. The monoisotopic (exact) mass is 458 g/mol. The molecule has 0 amide bonds. The van der Waals surface area contributed by atoms with Crippen molar-refractivity contribution in [1.29, 1.82) is 0 Å². The Bertz CT molecular complexity index is 1250. The largest absolute Gasteiger partial charge is 0.324 e. The molecule has 0 radical (unpaired) electrons. The highest BCUT2D eigenvalue weighted by Gasteiger charge is 2.23. The lowest BCUT2D eigenvalue weighted by atomic mass is 10.0. The van der Waals surface area contributed by atoms with Gasteiger partial charge < -0.3 is 15.2 Å². The predicted octanol–water partition coefficient (Wildman–Crippen LogP) is 4.41. The van der Waals surface area contributed by atoms with Crippen molar-refractivity contribution in [1.82, 2.24) is 24.8 Å². The molecule has 0 spiro atoms. The van der Waals surface area contributed by atoms with E-state index in [1.54, 1.807) is 12.5 Å². The molecule has 4 aromatic rings. The number of hydrogen-bond donors (Lipinski definition) is 2. The summed E-state index contributed by atoms with van der Waals surface area (Å²) in [5, 5.41) is 6.73. The molecule has 1 aliphatic heterocycles. The molecule has 1 saturated heterocycles. The van der Waals surface area contributed by atoms with Gasteiger partial charge in [0.2, 0.25) is 5.95 Å². The van der Waals surface area contributed by atoms with E-state index in [-0.39, 0.29) is 0 Å². The molecule has 7 nitrogen and oxygen atoms in total. The van der Waals surface area contributed by atoms with Crippen LogP contribution in [-0.2, 0) is 10.8 Å². The van der Waals surface area contributed by atoms with Crippen molar-refractivity contribution in [2.24, 2.45) is 0 Å². The van der Waals surface area contributed by atoms with Gasteiger partial charge >= 0.3 is 0 Å². The number of nitrogens with zero attached hydrogens (tertiary/aromatic N) is 4. The maximum atomic E-state index is 11.8. The quantitative estimate of drug-likeness (QED) is 0.445. The maximum Gasteiger partial charge on any atom is 0.227 e. The van der Waals surface area contributed by atoms with Crippen LogP contribution in [-0.4, -0.2) is 43.1 Å². The molecule has 0 bridgehead atoms. The second-order valence-electron chi connectivity index (χ2n) is 8.05. The number of piperidine rings is 1. The third-order valence-corrected chi connectivity index (χ3v) is 6.80. The van der Waals surface area contributed by atoms with Crippen molar-refractivity contribution in [3.63, 3.8) is 0 Å². The summed E-state index contributed by atoms with van der Waals surface area (Å²) in [6.45, 7) is 1.94. The van der Waals surface area contributed by atoms with Gasteiger partial charge in [-0.2, -0.15) is 0 Å². The van der Waals surface area contributed by atoms with Crippen molar-refractivity contribution in [2.75, 3.05) is 24.7 Å². The number of para-hydroxylation sites is 1. The topological polar surface area (TPSA) is 84.7 Å². The Morgan fingerprint density at radius 1 is 1.00 bits per heavy atom. The number of nitrogens with one attached hydrogen (secondary N) is 2. The summed E-state index contributed by atoms with van der Waals surface area (Å²) in [6, 6.07) is 20.0. The van der Waals surface area contributed by atoms with Gasteiger partial charge in [0.25, 0.3) is 0 Å². The fraction of sp³-hybridized carbons (Fsp3) is 0.240. The molecule has 2 N–H and O–H groups in total. The second-order valence-corrected chi connectivity index (χ2v) is 9.43. The summed E-state index contributed by atoms with van der Waals surface area (Å²) in [4.78, 5) is 14.8. The van der Waals surface area contributed by atoms with Gasteiger partial charge in [0.05, 0.1) is 17.6 Å². The van der Waals surface area contributed by atoms with Crippen LogP contribution in [0.15, 0.2) is 78.0 Å². The predicted molar refractivity (Wildman–Crippen MR) is 132 cm³/mol. The summed E-state index contributed by atoms with van der Waals surface area (Å²) in [7, 11) is -1.01. The van der Waals surface area contributed by atoms with Crippen LogP contribution < -0.4 is 10.6 Å². The SMILES string of the molecule is CS(=O)c1ccc(-c2ncc(-c3ccnc(Nc4ccccc4)n3)n2C2CCNCC2)cc1. The van der Waals surface area contributed by atoms with Crippen LogP contribution >= 0.6 is 0 Å². The van der Waals surface area contributed by atoms with Crippen molar-refractivity contribution in [3.8, 4) is 22.8 Å². The minimum atomic E-state index is -1.01. The minimum Gasteiger partial charge on any atom is -0.324 e. The lowest BCUT2D eigenvalue weighted by Gasteiger charge is -2.27. The summed E-state index contributed by atoms with van der Waals surface area (Å²) in [5.74, 6) is 1.45. The molecule has 1 unspecified atom stereocenters. The molecule has 0 aliphatic carbocycles. The zero-order valence-corrected chi connectivity index (χ0v) is 19.3. The van der Waals surface area contributed by atoms with Gasteiger partial charge in [0.15, 0.2) is 0 Å². The molecule has 2 aromatic carbocycles. The Kier molecular flexibility index (Phi) is 6.28. The minimum absolute atomic E-state index is 0.319. The number of imidazole rings is 1. The van der Waals surface area contributed by atoms with Crippen molar-refractivity contribution in [2.45, 2.75) is 23.8 Å². The van der Waals surface area contributed by atoms with Gasteiger partial charge in [-0.15, -0.1) is 0 Å². The molecule has 3 heterocycles. The van der Waals surface area contributed by atoms with Crippen LogP contribution in [0, 0.1) is 0 Å². The first-order valence-electron chi connectivity index (χ1n) is 11.1. The summed E-state index contributed by atoms with van der Waals surface area (Å²) >= 11 is 0. The lowest BCUT2D eigenvalue weighted by molar-refractivity contribution is 0.373. The maximum absolute atomic E-state index is 11.8. The standard InChI is InChI=1S/C25H26N6OS/c1-33(32)21-9-7-18(8-10-21)24-28-17-23(31(24)20-11-14-26-15-12-20)22-13-16-27-25(30-22)29-19-5-3-2-4-6-19/h2-10,13,16-17,20,26H,11-12,14-15H2,1H3,(H,27,29,30). The van der Waals surface area contributed by atoms with E-state index >= 15 is 0 Å². The number of rotatable bonds is 6. The van der Waals surface area contributed by atoms with Crippen LogP contribution in [0.2, 0.25) is 0 Å². The molecular formula is C25H26N6OS. The molecule has 2 aromatic heterocycles. The Morgan fingerprint density at radius 2 is 1.76 bits per heavy atom. The average Bonchev–Trinajstić information content (AvgIpc) is 3.31. The number of benzene rings is 2. The van der Waals surface area contributed by atoms with E-state index in [0.29, 0.717) is 12.0 Å². The number of aromatic nitrogens is 4. The van der Waals surface area contributed by atoms with Gasteiger partial charge in [0, 0.05) is 45.4 Å². The van der Waals surface area contributed by atoms with Crippen LogP contribution in [0.3, 0.4) is 0 Å².